The summed E-state index contributed by atoms with van der Waals surface area (Å²) in [7, 11) is 1.75. The summed E-state index contributed by atoms with van der Waals surface area (Å²) in [6.07, 6.45) is 1.86. The topological polar surface area (TPSA) is 62.3 Å². The Morgan fingerprint density at radius 3 is 2.65 bits per heavy atom. The Bertz CT molecular complexity index is 730. The standard InChI is InChI=1S/C18H19N3O2/c1-12-7-6-10-19-17(12)20-18(23)14-11-15(22)21(2)16(14)13-8-4-3-5-9-13/h3-10,14,16H,11H2,1-2H3,(H,19,20,23)/t14-,16+/m1/s1. The number of anilines is 1. The average molecular weight is 309 g/mol. The number of nitrogens with zero attached hydrogens (tertiary/aromatic N) is 2. The van der Waals surface area contributed by atoms with Crippen LogP contribution >= 0.6 is 0 Å². The van der Waals surface area contributed by atoms with E-state index in [9.17, 15) is 9.59 Å². The van der Waals surface area contributed by atoms with Gasteiger partial charge >= 0.3 is 0 Å². The average Bonchev–Trinajstić information content (AvgIpc) is 2.86. The number of likely N-dealkylation sites (tertiary alicyclic amines) is 1. The van der Waals surface area contributed by atoms with Crippen molar-refractivity contribution < 1.29 is 9.59 Å². The number of hydrogen-bond donors (Lipinski definition) is 1. The van der Waals surface area contributed by atoms with E-state index in [4.69, 9.17) is 0 Å². The SMILES string of the molecule is Cc1cccnc1NC(=O)[C@@H]1CC(=O)N(C)[C@H]1c1ccccc1. The molecule has 2 heterocycles. The second kappa shape index (κ2) is 6.20. The van der Waals surface area contributed by atoms with Crippen LogP contribution in [0.15, 0.2) is 48.7 Å². The van der Waals surface area contributed by atoms with E-state index in [1.807, 2.05) is 49.4 Å². The third kappa shape index (κ3) is 2.95. The Morgan fingerprint density at radius 1 is 1.22 bits per heavy atom. The van der Waals surface area contributed by atoms with E-state index < -0.39 is 5.92 Å². The normalized spacial score (nSPS) is 20.6. The Morgan fingerprint density at radius 2 is 1.96 bits per heavy atom. The number of pyridine rings is 1. The number of amides is 2. The number of hydrogen-bond acceptors (Lipinski definition) is 3. The van der Waals surface area contributed by atoms with Gasteiger partial charge in [-0.05, 0) is 24.1 Å². The smallest absolute Gasteiger partial charge is 0.231 e. The molecule has 5 nitrogen and oxygen atoms in total. The van der Waals surface area contributed by atoms with Gasteiger partial charge in [-0.3, -0.25) is 9.59 Å². The zero-order valence-electron chi connectivity index (χ0n) is 13.2. The summed E-state index contributed by atoms with van der Waals surface area (Å²) in [4.78, 5) is 30.7. The van der Waals surface area contributed by atoms with Gasteiger partial charge < -0.3 is 10.2 Å². The molecule has 0 saturated carbocycles. The molecule has 1 N–H and O–H groups in total. The summed E-state index contributed by atoms with van der Waals surface area (Å²) in [5, 5.41) is 2.86. The quantitative estimate of drug-likeness (QED) is 0.948. The maximum atomic E-state index is 12.7. The lowest BCUT2D eigenvalue weighted by Crippen LogP contribution is -2.30. The lowest BCUT2D eigenvalue weighted by molar-refractivity contribution is -0.127. The predicted octanol–water partition coefficient (Wildman–Crippen LogP) is 2.55. The molecule has 0 spiro atoms. The van der Waals surface area contributed by atoms with Gasteiger partial charge in [0.2, 0.25) is 11.8 Å². The molecule has 1 saturated heterocycles. The molecule has 1 fully saturated rings. The molecule has 3 rings (SSSR count). The lowest BCUT2D eigenvalue weighted by atomic mass is 9.93. The lowest BCUT2D eigenvalue weighted by Gasteiger charge is -2.25. The first-order valence-electron chi connectivity index (χ1n) is 7.61. The Hall–Kier alpha value is -2.69. The highest BCUT2D eigenvalue weighted by Gasteiger charge is 2.42. The van der Waals surface area contributed by atoms with Crippen molar-refractivity contribution in [2.24, 2.45) is 5.92 Å². The van der Waals surface area contributed by atoms with Gasteiger partial charge in [0, 0.05) is 19.7 Å². The van der Waals surface area contributed by atoms with E-state index in [1.54, 1.807) is 18.1 Å². The van der Waals surface area contributed by atoms with E-state index in [-0.39, 0.29) is 24.3 Å². The Kier molecular flexibility index (Phi) is 4.10. The molecule has 1 aliphatic rings. The van der Waals surface area contributed by atoms with Gasteiger partial charge in [-0.25, -0.2) is 4.98 Å². The molecule has 0 bridgehead atoms. The Balaban J connectivity index is 1.86. The fourth-order valence-corrected chi connectivity index (χ4v) is 3.04. The molecule has 0 aliphatic carbocycles. The summed E-state index contributed by atoms with van der Waals surface area (Å²) in [6, 6.07) is 13.1. The first kappa shape index (κ1) is 15.2. The molecule has 2 aromatic rings. The van der Waals surface area contributed by atoms with E-state index in [2.05, 4.69) is 10.3 Å². The number of carbonyl (C=O) groups is 2. The zero-order valence-corrected chi connectivity index (χ0v) is 13.2. The summed E-state index contributed by atoms with van der Waals surface area (Å²) in [5.74, 6) is -0.0577. The van der Waals surface area contributed by atoms with Crippen LogP contribution in [0.1, 0.15) is 23.6 Å². The zero-order chi connectivity index (χ0) is 16.4. The summed E-state index contributed by atoms with van der Waals surface area (Å²) in [6.45, 7) is 1.89. The Labute approximate surface area is 135 Å². The molecular weight excluding hydrogens is 290 g/mol. The number of aryl methyl sites for hydroxylation is 1. The van der Waals surface area contributed by atoms with Crippen molar-refractivity contribution in [3.8, 4) is 0 Å². The van der Waals surface area contributed by atoms with Gasteiger partial charge in [-0.2, -0.15) is 0 Å². The molecule has 1 aromatic carbocycles. The highest BCUT2D eigenvalue weighted by molar-refractivity contribution is 5.97. The molecule has 1 aromatic heterocycles. The molecule has 1 aliphatic heterocycles. The van der Waals surface area contributed by atoms with Gasteiger partial charge in [0.15, 0.2) is 0 Å². The van der Waals surface area contributed by atoms with E-state index in [1.165, 1.54) is 0 Å². The monoisotopic (exact) mass is 309 g/mol. The summed E-state index contributed by atoms with van der Waals surface area (Å²) < 4.78 is 0. The number of aromatic nitrogens is 1. The third-order valence-electron chi connectivity index (χ3n) is 4.32. The summed E-state index contributed by atoms with van der Waals surface area (Å²) >= 11 is 0. The van der Waals surface area contributed by atoms with Crippen molar-refractivity contribution in [2.75, 3.05) is 12.4 Å². The van der Waals surface area contributed by atoms with Crippen LogP contribution in [0.3, 0.4) is 0 Å². The highest BCUT2D eigenvalue weighted by atomic mass is 16.2. The largest absolute Gasteiger partial charge is 0.338 e. The van der Waals surface area contributed by atoms with Crippen LogP contribution in [0.25, 0.3) is 0 Å². The van der Waals surface area contributed by atoms with Crippen molar-refractivity contribution in [1.29, 1.82) is 0 Å². The van der Waals surface area contributed by atoms with Crippen molar-refractivity contribution in [3.05, 3.63) is 59.8 Å². The molecular formula is C18H19N3O2. The van der Waals surface area contributed by atoms with Crippen LogP contribution < -0.4 is 5.32 Å². The van der Waals surface area contributed by atoms with Gasteiger partial charge in [-0.15, -0.1) is 0 Å². The molecule has 118 valence electrons. The number of nitrogens with one attached hydrogen (secondary N) is 1. The minimum Gasteiger partial charge on any atom is -0.338 e. The van der Waals surface area contributed by atoms with Gasteiger partial charge in [0.25, 0.3) is 0 Å². The highest BCUT2D eigenvalue weighted by Crippen LogP contribution is 2.37. The number of rotatable bonds is 3. The first-order chi connectivity index (χ1) is 11.1. The molecule has 0 radical (unpaired) electrons. The van der Waals surface area contributed by atoms with Crippen molar-refractivity contribution in [2.45, 2.75) is 19.4 Å². The minimum absolute atomic E-state index is 0.0169. The second-order valence-corrected chi connectivity index (χ2v) is 5.83. The van der Waals surface area contributed by atoms with Gasteiger partial charge in [0.05, 0.1) is 12.0 Å². The molecule has 2 amide bonds. The minimum atomic E-state index is -0.420. The second-order valence-electron chi connectivity index (χ2n) is 5.83. The van der Waals surface area contributed by atoms with Crippen LogP contribution in [0.5, 0.6) is 0 Å². The van der Waals surface area contributed by atoms with Crippen LogP contribution in [0, 0.1) is 12.8 Å². The van der Waals surface area contributed by atoms with E-state index in [0.717, 1.165) is 11.1 Å². The van der Waals surface area contributed by atoms with Gasteiger partial charge in [0.1, 0.15) is 5.82 Å². The van der Waals surface area contributed by atoms with E-state index in [0.29, 0.717) is 5.82 Å². The van der Waals surface area contributed by atoms with Crippen LogP contribution in [0.4, 0.5) is 5.82 Å². The molecule has 5 heteroatoms. The predicted molar refractivity (Wildman–Crippen MR) is 87.7 cm³/mol. The molecule has 23 heavy (non-hydrogen) atoms. The van der Waals surface area contributed by atoms with Crippen LogP contribution in [-0.4, -0.2) is 28.7 Å². The third-order valence-corrected chi connectivity index (χ3v) is 4.32. The number of benzene rings is 1. The fourth-order valence-electron chi connectivity index (χ4n) is 3.04. The van der Waals surface area contributed by atoms with Crippen LogP contribution in [-0.2, 0) is 9.59 Å². The fraction of sp³-hybridized carbons (Fsp3) is 0.278. The van der Waals surface area contributed by atoms with E-state index >= 15 is 0 Å². The summed E-state index contributed by atoms with van der Waals surface area (Å²) in [5.41, 5.74) is 1.87. The maximum Gasteiger partial charge on any atom is 0.231 e. The number of carbonyl (C=O) groups excluding carboxylic acids is 2. The first-order valence-corrected chi connectivity index (χ1v) is 7.61. The van der Waals surface area contributed by atoms with Crippen molar-refractivity contribution in [1.82, 2.24) is 9.88 Å². The van der Waals surface area contributed by atoms with Gasteiger partial charge in [-0.1, -0.05) is 36.4 Å². The maximum absolute atomic E-state index is 12.7. The van der Waals surface area contributed by atoms with Crippen molar-refractivity contribution in [3.63, 3.8) is 0 Å². The van der Waals surface area contributed by atoms with Crippen LogP contribution in [0.2, 0.25) is 0 Å². The molecule has 2 atom stereocenters. The van der Waals surface area contributed by atoms with Crippen molar-refractivity contribution >= 4 is 17.6 Å². The molecule has 0 unspecified atom stereocenters.